The van der Waals surface area contributed by atoms with E-state index in [4.69, 9.17) is 5.73 Å². The van der Waals surface area contributed by atoms with Gasteiger partial charge < -0.3 is 15.6 Å². The summed E-state index contributed by atoms with van der Waals surface area (Å²) in [5.74, 6) is 0.924. The maximum Gasteiger partial charge on any atom is 0.203 e. The van der Waals surface area contributed by atoms with Crippen molar-refractivity contribution in [3.05, 3.63) is 24.3 Å². The molecule has 1 aromatic carbocycles. The SMILES string of the molecule is CCC(C)(C)CNc1nc2ccccc2n1CCN. The van der Waals surface area contributed by atoms with Gasteiger partial charge in [-0.2, -0.15) is 0 Å². The number of nitrogens with two attached hydrogens (primary N) is 1. The number of nitrogens with one attached hydrogen (secondary N) is 1. The van der Waals surface area contributed by atoms with Gasteiger partial charge in [-0.15, -0.1) is 0 Å². The molecule has 0 bridgehead atoms. The van der Waals surface area contributed by atoms with Gasteiger partial charge in [-0.05, 0) is 24.0 Å². The normalized spacial score (nSPS) is 12.0. The molecule has 3 N–H and O–H groups in total. The molecular weight excluding hydrogens is 236 g/mol. The number of rotatable bonds is 6. The van der Waals surface area contributed by atoms with Crippen LogP contribution in [-0.2, 0) is 6.54 Å². The molecule has 1 aromatic heterocycles. The zero-order chi connectivity index (χ0) is 13.9. The maximum absolute atomic E-state index is 5.71. The van der Waals surface area contributed by atoms with Crippen LogP contribution in [0.4, 0.5) is 5.95 Å². The lowest BCUT2D eigenvalue weighted by molar-refractivity contribution is 0.375. The molecule has 0 saturated heterocycles. The minimum Gasteiger partial charge on any atom is -0.355 e. The Balaban J connectivity index is 2.28. The standard InChI is InChI=1S/C15H24N4/c1-4-15(2,3)11-17-14-18-12-7-5-6-8-13(12)19(14)10-9-16/h5-8H,4,9-11,16H2,1-3H3,(H,17,18). The molecule has 0 spiro atoms. The van der Waals surface area contributed by atoms with Crippen LogP contribution in [0.5, 0.6) is 0 Å². The van der Waals surface area contributed by atoms with Gasteiger partial charge in [0.1, 0.15) is 0 Å². The van der Waals surface area contributed by atoms with E-state index in [1.54, 1.807) is 0 Å². The quantitative estimate of drug-likeness (QED) is 0.839. The highest BCUT2D eigenvalue weighted by molar-refractivity contribution is 5.78. The molecule has 0 aliphatic heterocycles. The van der Waals surface area contributed by atoms with Crippen LogP contribution in [0.1, 0.15) is 27.2 Å². The molecule has 0 unspecified atom stereocenters. The van der Waals surface area contributed by atoms with Crippen molar-refractivity contribution in [2.45, 2.75) is 33.7 Å². The maximum atomic E-state index is 5.71. The van der Waals surface area contributed by atoms with Crippen LogP contribution >= 0.6 is 0 Å². The van der Waals surface area contributed by atoms with Crippen LogP contribution in [0.3, 0.4) is 0 Å². The van der Waals surface area contributed by atoms with Crippen LogP contribution in [0.25, 0.3) is 11.0 Å². The Labute approximate surface area is 115 Å². The Morgan fingerprint density at radius 2 is 2.05 bits per heavy atom. The number of benzene rings is 1. The first-order valence-corrected chi connectivity index (χ1v) is 6.96. The summed E-state index contributed by atoms with van der Waals surface area (Å²) in [7, 11) is 0. The zero-order valence-corrected chi connectivity index (χ0v) is 12.1. The van der Waals surface area contributed by atoms with Crippen LogP contribution in [0.2, 0.25) is 0 Å². The summed E-state index contributed by atoms with van der Waals surface area (Å²) < 4.78 is 2.17. The molecular formula is C15H24N4. The minimum atomic E-state index is 0.270. The van der Waals surface area contributed by atoms with Crippen LogP contribution < -0.4 is 11.1 Å². The van der Waals surface area contributed by atoms with E-state index < -0.39 is 0 Å². The summed E-state index contributed by atoms with van der Waals surface area (Å²) in [6.45, 7) is 9.05. The first-order valence-electron chi connectivity index (χ1n) is 6.96. The molecule has 0 radical (unpaired) electrons. The third kappa shape index (κ3) is 3.07. The van der Waals surface area contributed by atoms with E-state index in [0.717, 1.165) is 36.5 Å². The van der Waals surface area contributed by atoms with Gasteiger partial charge in [0.25, 0.3) is 0 Å². The average molecular weight is 260 g/mol. The second kappa shape index (κ2) is 5.61. The highest BCUT2D eigenvalue weighted by Crippen LogP contribution is 2.23. The van der Waals surface area contributed by atoms with Crippen LogP contribution in [0, 0.1) is 5.41 Å². The summed E-state index contributed by atoms with van der Waals surface area (Å²) in [6.07, 6.45) is 1.14. The van der Waals surface area contributed by atoms with E-state index in [0.29, 0.717) is 6.54 Å². The number of fused-ring (bicyclic) bond motifs is 1. The highest BCUT2D eigenvalue weighted by Gasteiger charge is 2.17. The zero-order valence-electron chi connectivity index (χ0n) is 12.1. The fraction of sp³-hybridized carbons (Fsp3) is 0.533. The van der Waals surface area contributed by atoms with E-state index >= 15 is 0 Å². The van der Waals surface area contributed by atoms with Crippen molar-refractivity contribution < 1.29 is 0 Å². The monoisotopic (exact) mass is 260 g/mol. The Kier molecular flexibility index (Phi) is 4.10. The number of nitrogens with zero attached hydrogens (tertiary/aromatic N) is 2. The van der Waals surface area contributed by atoms with E-state index in [-0.39, 0.29) is 5.41 Å². The molecule has 4 nitrogen and oxygen atoms in total. The topological polar surface area (TPSA) is 55.9 Å². The molecule has 1 heterocycles. The predicted octanol–water partition coefficient (Wildman–Crippen LogP) is 2.84. The summed E-state index contributed by atoms with van der Waals surface area (Å²) in [6, 6.07) is 8.19. The fourth-order valence-corrected chi connectivity index (χ4v) is 2.01. The molecule has 2 aromatic rings. The number of hydrogen-bond acceptors (Lipinski definition) is 3. The largest absolute Gasteiger partial charge is 0.355 e. The Morgan fingerprint density at radius 3 is 2.74 bits per heavy atom. The summed E-state index contributed by atoms with van der Waals surface area (Å²) in [5, 5.41) is 3.48. The van der Waals surface area contributed by atoms with Gasteiger partial charge in [0, 0.05) is 19.6 Å². The molecule has 0 amide bonds. The summed E-state index contributed by atoms with van der Waals surface area (Å²) >= 11 is 0. The van der Waals surface area contributed by atoms with Crippen LogP contribution in [-0.4, -0.2) is 22.6 Å². The second-order valence-corrected chi connectivity index (χ2v) is 5.74. The Bertz CT molecular complexity index is 542. The molecule has 0 aliphatic carbocycles. The predicted molar refractivity (Wildman–Crippen MR) is 81.3 cm³/mol. The molecule has 104 valence electrons. The van der Waals surface area contributed by atoms with Crippen molar-refractivity contribution in [3.8, 4) is 0 Å². The number of para-hydroxylation sites is 2. The fourth-order valence-electron chi connectivity index (χ4n) is 2.01. The number of anilines is 1. The van der Waals surface area contributed by atoms with E-state index in [1.165, 1.54) is 0 Å². The molecule has 2 rings (SSSR count). The van der Waals surface area contributed by atoms with Gasteiger partial charge in [-0.1, -0.05) is 32.9 Å². The molecule has 19 heavy (non-hydrogen) atoms. The van der Waals surface area contributed by atoms with Crippen molar-refractivity contribution in [2.75, 3.05) is 18.4 Å². The second-order valence-electron chi connectivity index (χ2n) is 5.74. The van der Waals surface area contributed by atoms with E-state index in [1.807, 2.05) is 18.2 Å². The van der Waals surface area contributed by atoms with Crippen molar-refractivity contribution in [2.24, 2.45) is 11.1 Å². The number of imidazole rings is 1. The first kappa shape index (κ1) is 13.9. The lowest BCUT2D eigenvalue weighted by atomic mass is 9.90. The van der Waals surface area contributed by atoms with Crippen molar-refractivity contribution >= 4 is 17.0 Å². The number of aromatic nitrogens is 2. The summed E-state index contributed by atoms with van der Waals surface area (Å²) in [4.78, 5) is 4.66. The molecule has 0 atom stereocenters. The molecule has 0 saturated carbocycles. The lowest BCUT2D eigenvalue weighted by Crippen LogP contribution is -2.24. The molecule has 0 aliphatic rings. The third-order valence-electron chi connectivity index (χ3n) is 3.69. The van der Waals surface area contributed by atoms with Crippen molar-refractivity contribution in [1.29, 1.82) is 0 Å². The van der Waals surface area contributed by atoms with Crippen LogP contribution in [0.15, 0.2) is 24.3 Å². The lowest BCUT2D eigenvalue weighted by Gasteiger charge is -2.23. The molecule has 0 fully saturated rings. The highest BCUT2D eigenvalue weighted by atomic mass is 15.2. The van der Waals surface area contributed by atoms with E-state index in [9.17, 15) is 0 Å². The van der Waals surface area contributed by atoms with Gasteiger partial charge in [-0.3, -0.25) is 0 Å². The van der Waals surface area contributed by atoms with E-state index in [2.05, 4.69) is 41.7 Å². The smallest absolute Gasteiger partial charge is 0.203 e. The number of hydrogen-bond donors (Lipinski definition) is 2. The van der Waals surface area contributed by atoms with Gasteiger partial charge >= 0.3 is 0 Å². The first-order chi connectivity index (χ1) is 9.07. The van der Waals surface area contributed by atoms with Crippen molar-refractivity contribution in [3.63, 3.8) is 0 Å². The van der Waals surface area contributed by atoms with Gasteiger partial charge in [0.05, 0.1) is 11.0 Å². The van der Waals surface area contributed by atoms with Gasteiger partial charge in [0.2, 0.25) is 5.95 Å². The Morgan fingerprint density at radius 1 is 1.32 bits per heavy atom. The minimum absolute atomic E-state index is 0.270. The summed E-state index contributed by atoms with van der Waals surface area (Å²) in [5.41, 5.74) is 8.15. The van der Waals surface area contributed by atoms with Gasteiger partial charge in [-0.25, -0.2) is 4.98 Å². The van der Waals surface area contributed by atoms with Crippen molar-refractivity contribution in [1.82, 2.24) is 9.55 Å². The third-order valence-corrected chi connectivity index (χ3v) is 3.69. The van der Waals surface area contributed by atoms with Gasteiger partial charge in [0.15, 0.2) is 0 Å². The molecule has 4 heteroatoms. The Hall–Kier alpha value is -1.55. The average Bonchev–Trinajstić information content (AvgIpc) is 2.76.